The van der Waals surface area contributed by atoms with Gasteiger partial charge in [0, 0.05) is 19.8 Å². The summed E-state index contributed by atoms with van der Waals surface area (Å²) in [7, 11) is 0. The largest absolute Gasteiger partial charge is 0.396 e. The summed E-state index contributed by atoms with van der Waals surface area (Å²) in [6.45, 7) is 3.42. The molecule has 106 valence electrons. The lowest BCUT2D eigenvalue weighted by molar-refractivity contribution is 0.122. The molecule has 1 aliphatic rings. The van der Waals surface area contributed by atoms with Gasteiger partial charge in [-0.05, 0) is 49.4 Å². The molecule has 0 saturated heterocycles. The molecule has 0 radical (unpaired) electrons. The van der Waals surface area contributed by atoms with Gasteiger partial charge in [-0.25, -0.2) is 0 Å². The minimum atomic E-state index is 0.445. The van der Waals surface area contributed by atoms with Gasteiger partial charge in [-0.1, -0.05) is 23.2 Å². The van der Waals surface area contributed by atoms with Crippen LogP contribution in [0.5, 0.6) is 0 Å². The first-order chi connectivity index (χ1) is 9.16. The first kappa shape index (κ1) is 14.9. The molecular formula is C14H20Cl2N2O. The maximum Gasteiger partial charge on any atom is 0.0693 e. The molecule has 0 unspecified atom stereocenters. The predicted molar refractivity (Wildman–Crippen MR) is 80.7 cm³/mol. The van der Waals surface area contributed by atoms with E-state index in [0.29, 0.717) is 15.7 Å². The third kappa shape index (κ3) is 5.19. The second kappa shape index (κ2) is 7.34. The van der Waals surface area contributed by atoms with E-state index < -0.39 is 0 Å². The minimum absolute atomic E-state index is 0.445. The highest BCUT2D eigenvalue weighted by atomic mass is 35.5. The van der Waals surface area contributed by atoms with Gasteiger partial charge in [-0.15, -0.1) is 0 Å². The number of rotatable bonds is 8. The molecule has 1 saturated carbocycles. The zero-order valence-electron chi connectivity index (χ0n) is 10.9. The van der Waals surface area contributed by atoms with Crippen LogP contribution in [0.15, 0.2) is 12.1 Å². The molecule has 19 heavy (non-hydrogen) atoms. The number of hydrogen-bond donors (Lipinski definition) is 2. The maximum absolute atomic E-state index is 5.98. The number of nitrogen functional groups attached to an aromatic ring is 1. The summed E-state index contributed by atoms with van der Waals surface area (Å²) in [4.78, 5) is 0. The Hall–Kier alpha value is -0.480. The summed E-state index contributed by atoms with van der Waals surface area (Å²) >= 11 is 12.0. The first-order valence-corrected chi connectivity index (χ1v) is 7.44. The third-order valence-corrected chi connectivity index (χ3v) is 3.79. The molecule has 3 nitrogen and oxygen atoms in total. The van der Waals surface area contributed by atoms with Crippen molar-refractivity contribution in [3.05, 3.63) is 27.7 Å². The molecule has 0 heterocycles. The van der Waals surface area contributed by atoms with E-state index in [-0.39, 0.29) is 0 Å². The van der Waals surface area contributed by atoms with Crippen molar-refractivity contribution in [2.24, 2.45) is 5.92 Å². The Balaban J connectivity index is 1.59. The summed E-state index contributed by atoms with van der Waals surface area (Å²) in [5.41, 5.74) is 7.18. The van der Waals surface area contributed by atoms with Crippen LogP contribution in [-0.2, 0) is 11.3 Å². The van der Waals surface area contributed by atoms with Crippen molar-refractivity contribution >= 4 is 28.9 Å². The van der Waals surface area contributed by atoms with Gasteiger partial charge in [-0.2, -0.15) is 0 Å². The van der Waals surface area contributed by atoms with Gasteiger partial charge in [0.05, 0.1) is 15.7 Å². The molecule has 0 aliphatic heterocycles. The van der Waals surface area contributed by atoms with E-state index >= 15 is 0 Å². The lowest BCUT2D eigenvalue weighted by Crippen LogP contribution is -2.16. The van der Waals surface area contributed by atoms with Crippen molar-refractivity contribution in [1.29, 1.82) is 0 Å². The molecule has 1 fully saturated rings. The van der Waals surface area contributed by atoms with Crippen LogP contribution in [0, 0.1) is 5.92 Å². The van der Waals surface area contributed by atoms with Crippen LogP contribution < -0.4 is 11.1 Å². The monoisotopic (exact) mass is 302 g/mol. The molecule has 1 aliphatic carbocycles. The van der Waals surface area contributed by atoms with Gasteiger partial charge < -0.3 is 15.8 Å². The third-order valence-electron chi connectivity index (χ3n) is 3.16. The SMILES string of the molecule is Nc1c(Cl)cc(CNCCCOCC2CC2)cc1Cl. The van der Waals surface area contributed by atoms with Crippen molar-refractivity contribution in [3.8, 4) is 0 Å². The average Bonchev–Trinajstić information content (AvgIpc) is 3.18. The highest BCUT2D eigenvalue weighted by molar-refractivity contribution is 6.38. The predicted octanol–water partition coefficient (Wildman–Crippen LogP) is 3.48. The molecule has 0 amide bonds. The van der Waals surface area contributed by atoms with Crippen LogP contribution in [0.2, 0.25) is 10.0 Å². The van der Waals surface area contributed by atoms with Crippen LogP contribution >= 0.6 is 23.2 Å². The molecule has 0 atom stereocenters. The van der Waals surface area contributed by atoms with Crippen LogP contribution in [0.3, 0.4) is 0 Å². The second-order valence-corrected chi connectivity index (χ2v) is 5.84. The van der Waals surface area contributed by atoms with Crippen molar-refractivity contribution in [2.45, 2.75) is 25.8 Å². The van der Waals surface area contributed by atoms with Gasteiger partial charge in [0.1, 0.15) is 0 Å². The van der Waals surface area contributed by atoms with Crippen molar-refractivity contribution in [3.63, 3.8) is 0 Å². The number of nitrogens with one attached hydrogen (secondary N) is 1. The van der Waals surface area contributed by atoms with E-state index in [1.165, 1.54) is 12.8 Å². The van der Waals surface area contributed by atoms with E-state index in [9.17, 15) is 0 Å². The van der Waals surface area contributed by atoms with E-state index in [1.807, 2.05) is 12.1 Å². The molecular weight excluding hydrogens is 283 g/mol. The highest BCUT2D eigenvalue weighted by Gasteiger charge is 2.20. The number of nitrogens with two attached hydrogens (primary N) is 1. The minimum Gasteiger partial charge on any atom is -0.396 e. The average molecular weight is 303 g/mol. The first-order valence-electron chi connectivity index (χ1n) is 6.68. The number of anilines is 1. The molecule has 1 aromatic carbocycles. The van der Waals surface area contributed by atoms with Gasteiger partial charge in [-0.3, -0.25) is 0 Å². The van der Waals surface area contributed by atoms with Gasteiger partial charge in [0.25, 0.3) is 0 Å². The van der Waals surface area contributed by atoms with Gasteiger partial charge in [0.2, 0.25) is 0 Å². The van der Waals surface area contributed by atoms with Crippen molar-refractivity contribution < 1.29 is 4.74 Å². The molecule has 1 aromatic rings. The standard InChI is InChI=1S/C14H20Cl2N2O/c15-12-6-11(7-13(16)14(12)17)8-18-4-1-5-19-9-10-2-3-10/h6-7,10,18H,1-5,8-9,17H2. The van der Waals surface area contributed by atoms with Crippen molar-refractivity contribution in [2.75, 3.05) is 25.5 Å². The molecule has 0 spiro atoms. The Labute approximate surface area is 124 Å². The number of hydrogen-bond acceptors (Lipinski definition) is 3. The lowest BCUT2D eigenvalue weighted by atomic mass is 10.2. The van der Waals surface area contributed by atoms with E-state index in [4.69, 9.17) is 33.7 Å². The number of benzene rings is 1. The maximum atomic E-state index is 5.98. The zero-order valence-corrected chi connectivity index (χ0v) is 12.4. The molecule has 0 bridgehead atoms. The fourth-order valence-corrected chi connectivity index (χ4v) is 2.34. The fraction of sp³-hybridized carbons (Fsp3) is 0.571. The van der Waals surface area contributed by atoms with Crippen LogP contribution in [0.1, 0.15) is 24.8 Å². The summed E-state index contributed by atoms with van der Waals surface area (Å²) in [5, 5.41) is 4.36. The molecule has 2 rings (SSSR count). The van der Waals surface area contributed by atoms with E-state index in [2.05, 4.69) is 5.32 Å². The van der Waals surface area contributed by atoms with E-state index in [0.717, 1.165) is 44.2 Å². The highest BCUT2D eigenvalue weighted by Crippen LogP contribution is 2.29. The summed E-state index contributed by atoms with van der Waals surface area (Å²) in [6.07, 6.45) is 3.71. The van der Waals surface area contributed by atoms with Crippen LogP contribution in [0.4, 0.5) is 5.69 Å². The van der Waals surface area contributed by atoms with Crippen LogP contribution in [0.25, 0.3) is 0 Å². The Morgan fingerprint density at radius 3 is 2.58 bits per heavy atom. The Morgan fingerprint density at radius 2 is 1.95 bits per heavy atom. The molecule has 0 aromatic heterocycles. The van der Waals surface area contributed by atoms with E-state index in [1.54, 1.807) is 0 Å². The Bertz CT molecular complexity index is 399. The van der Waals surface area contributed by atoms with Crippen LogP contribution in [-0.4, -0.2) is 19.8 Å². The Morgan fingerprint density at radius 1 is 1.26 bits per heavy atom. The topological polar surface area (TPSA) is 47.3 Å². The molecule has 3 N–H and O–H groups in total. The normalized spacial score (nSPS) is 14.8. The van der Waals surface area contributed by atoms with Gasteiger partial charge >= 0.3 is 0 Å². The lowest BCUT2D eigenvalue weighted by Gasteiger charge is -2.08. The number of halogens is 2. The summed E-state index contributed by atoms with van der Waals surface area (Å²) in [6, 6.07) is 3.69. The number of ether oxygens (including phenoxy) is 1. The summed E-state index contributed by atoms with van der Waals surface area (Å²) in [5.74, 6) is 0.840. The van der Waals surface area contributed by atoms with Gasteiger partial charge in [0.15, 0.2) is 0 Å². The quantitative estimate of drug-likeness (QED) is 0.571. The van der Waals surface area contributed by atoms with Crippen molar-refractivity contribution in [1.82, 2.24) is 5.32 Å². The zero-order chi connectivity index (χ0) is 13.7. The molecule has 5 heteroatoms. The second-order valence-electron chi connectivity index (χ2n) is 5.02. The Kier molecular flexibility index (Phi) is 5.76. The fourth-order valence-electron chi connectivity index (χ4n) is 1.81. The smallest absolute Gasteiger partial charge is 0.0693 e. The summed E-state index contributed by atoms with van der Waals surface area (Å²) < 4.78 is 5.57.